The van der Waals surface area contributed by atoms with Crippen LogP contribution in [0.25, 0.3) is 0 Å². The summed E-state index contributed by atoms with van der Waals surface area (Å²) in [5.41, 5.74) is 1.28. The number of nitrogens with zero attached hydrogens (tertiary/aromatic N) is 1. The molecule has 0 aliphatic carbocycles. The predicted octanol–water partition coefficient (Wildman–Crippen LogP) is 3.20. The van der Waals surface area contributed by atoms with Gasteiger partial charge >= 0.3 is 5.97 Å². The van der Waals surface area contributed by atoms with Gasteiger partial charge in [0.25, 0.3) is 0 Å². The van der Waals surface area contributed by atoms with E-state index in [4.69, 9.17) is 4.74 Å². The third-order valence-corrected chi connectivity index (χ3v) is 4.80. The Kier molecular flexibility index (Phi) is 3.89. The Bertz CT molecular complexity index is 576. The number of H-pyrrole nitrogens is 1. The first-order chi connectivity index (χ1) is 9.78. The maximum absolute atomic E-state index is 11.5. The first-order valence-corrected chi connectivity index (χ1v) is 7.64. The minimum atomic E-state index is -0.247. The van der Waals surface area contributed by atoms with Crippen molar-refractivity contribution in [1.82, 2.24) is 9.88 Å². The molecule has 3 heterocycles. The molecule has 0 spiro atoms. The van der Waals surface area contributed by atoms with Gasteiger partial charge < -0.3 is 9.72 Å². The van der Waals surface area contributed by atoms with Crippen LogP contribution < -0.4 is 0 Å². The summed E-state index contributed by atoms with van der Waals surface area (Å²) in [5.74, 6) is -0.247. The van der Waals surface area contributed by atoms with Crippen LogP contribution in [0.5, 0.6) is 0 Å². The molecule has 1 N–H and O–H groups in total. The standard InChI is InChI=1S/C15H18N2O2S/c1-19-15(18)14-7-6-11(20-14)10-17-9-3-5-13(17)12-4-2-8-16-12/h2,4,6-8,13,16H,3,5,9-10H2,1H3/t13-/m0/s1. The highest BCUT2D eigenvalue weighted by Crippen LogP contribution is 2.33. The molecule has 3 rings (SSSR count). The van der Waals surface area contributed by atoms with Gasteiger partial charge in [0.2, 0.25) is 0 Å². The monoisotopic (exact) mass is 290 g/mol. The largest absolute Gasteiger partial charge is 0.465 e. The number of thiophene rings is 1. The molecule has 0 amide bonds. The van der Waals surface area contributed by atoms with Crippen LogP contribution in [-0.4, -0.2) is 29.5 Å². The molecule has 0 aromatic carbocycles. The van der Waals surface area contributed by atoms with E-state index < -0.39 is 0 Å². The lowest BCUT2D eigenvalue weighted by Gasteiger charge is -2.22. The Balaban J connectivity index is 1.70. The Labute approximate surface area is 122 Å². The molecule has 0 unspecified atom stereocenters. The number of hydrogen-bond donors (Lipinski definition) is 1. The van der Waals surface area contributed by atoms with Crippen LogP contribution in [-0.2, 0) is 11.3 Å². The average molecular weight is 290 g/mol. The van der Waals surface area contributed by atoms with E-state index in [1.807, 2.05) is 24.4 Å². The number of likely N-dealkylation sites (tertiary alicyclic amines) is 1. The molecule has 20 heavy (non-hydrogen) atoms. The number of aromatic nitrogens is 1. The van der Waals surface area contributed by atoms with Gasteiger partial charge in [0.1, 0.15) is 4.88 Å². The number of esters is 1. The lowest BCUT2D eigenvalue weighted by atomic mass is 10.1. The summed E-state index contributed by atoms with van der Waals surface area (Å²) in [6, 6.07) is 8.55. The highest BCUT2D eigenvalue weighted by Gasteiger charge is 2.27. The van der Waals surface area contributed by atoms with E-state index in [1.165, 1.54) is 41.9 Å². The molecule has 1 fully saturated rings. The Morgan fingerprint density at radius 2 is 2.40 bits per heavy atom. The Hall–Kier alpha value is -1.59. The SMILES string of the molecule is COC(=O)c1ccc(CN2CCC[C@H]2c2ccc[nH]2)s1. The van der Waals surface area contributed by atoms with Gasteiger partial charge in [-0.15, -0.1) is 11.3 Å². The third-order valence-electron chi connectivity index (χ3n) is 3.75. The highest BCUT2D eigenvalue weighted by atomic mass is 32.1. The summed E-state index contributed by atoms with van der Waals surface area (Å²) in [7, 11) is 1.42. The lowest BCUT2D eigenvalue weighted by molar-refractivity contribution is 0.0606. The van der Waals surface area contributed by atoms with Crippen LogP contribution in [0, 0.1) is 0 Å². The minimum absolute atomic E-state index is 0.247. The fourth-order valence-corrected chi connectivity index (χ4v) is 3.74. The Morgan fingerprint density at radius 1 is 1.50 bits per heavy atom. The molecule has 1 atom stereocenters. The zero-order valence-corrected chi connectivity index (χ0v) is 12.3. The van der Waals surface area contributed by atoms with E-state index in [9.17, 15) is 4.79 Å². The molecule has 1 aliphatic heterocycles. The summed E-state index contributed by atoms with van der Waals surface area (Å²) >= 11 is 1.53. The van der Waals surface area contributed by atoms with Crippen LogP contribution in [0.2, 0.25) is 0 Å². The molecule has 1 saturated heterocycles. The maximum Gasteiger partial charge on any atom is 0.348 e. The van der Waals surface area contributed by atoms with Crippen molar-refractivity contribution in [2.75, 3.05) is 13.7 Å². The highest BCUT2D eigenvalue weighted by molar-refractivity contribution is 7.13. The van der Waals surface area contributed by atoms with Gasteiger partial charge in [-0.1, -0.05) is 0 Å². The van der Waals surface area contributed by atoms with Gasteiger partial charge in [-0.25, -0.2) is 4.79 Å². The first-order valence-electron chi connectivity index (χ1n) is 6.82. The number of carbonyl (C=O) groups is 1. The second kappa shape index (κ2) is 5.81. The number of nitrogens with one attached hydrogen (secondary N) is 1. The smallest absolute Gasteiger partial charge is 0.348 e. The summed E-state index contributed by atoms with van der Waals surface area (Å²) in [5, 5.41) is 0. The van der Waals surface area contributed by atoms with Crippen molar-refractivity contribution in [3.63, 3.8) is 0 Å². The number of rotatable bonds is 4. The van der Waals surface area contributed by atoms with E-state index >= 15 is 0 Å². The second-order valence-corrected chi connectivity index (χ2v) is 6.18. The van der Waals surface area contributed by atoms with Crippen LogP contribution >= 0.6 is 11.3 Å². The molecule has 5 heteroatoms. The van der Waals surface area contributed by atoms with E-state index in [0.717, 1.165) is 13.1 Å². The molecular formula is C15H18N2O2S. The summed E-state index contributed by atoms with van der Waals surface area (Å²) in [6.45, 7) is 2.00. The van der Waals surface area contributed by atoms with E-state index in [-0.39, 0.29) is 5.97 Å². The molecule has 0 saturated carbocycles. The predicted molar refractivity (Wildman–Crippen MR) is 78.8 cm³/mol. The number of aromatic amines is 1. The molecule has 0 bridgehead atoms. The minimum Gasteiger partial charge on any atom is -0.465 e. The number of hydrogen-bond acceptors (Lipinski definition) is 4. The van der Waals surface area contributed by atoms with E-state index in [0.29, 0.717) is 10.9 Å². The van der Waals surface area contributed by atoms with E-state index in [1.54, 1.807) is 0 Å². The van der Waals surface area contributed by atoms with Crippen molar-refractivity contribution in [2.24, 2.45) is 0 Å². The zero-order chi connectivity index (χ0) is 13.9. The van der Waals surface area contributed by atoms with Crippen LogP contribution in [0.4, 0.5) is 0 Å². The van der Waals surface area contributed by atoms with Crippen LogP contribution in [0.15, 0.2) is 30.5 Å². The molecule has 0 radical (unpaired) electrons. The summed E-state index contributed by atoms with van der Waals surface area (Å²) in [4.78, 5) is 19.2. The number of ether oxygens (including phenoxy) is 1. The molecule has 2 aromatic rings. The average Bonchev–Trinajstić information content (AvgIpc) is 3.18. The number of methoxy groups -OCH3 is 1. The molecule has 2 aromatic heterocycles. The molecule has 4 nitrogen and oxygen atoms in total. The fraction of sp³-hybridized carbons (Fsp3) is 0.400. The summed E-state index contributed by atoms with van der Waals surface area (Å²) in [6.07, 6.45) is 4.39. The normalized spacial score (nSPS) is 19.4. The fourth-order valence-electron chi connectivity index (χ4n) is 2.79. The van der Waals surface area contributed by atoms with Crippen molar-refractivity contribution in [2.45, 2.75) is 25.4 Å². The van der Waals surface area contributed by atoms with Crippen LogP contribution in [0.1, 0.15) is 39.1 Å². The molecule has 1 aliphatic rings. The van der Waals surface area contributed by atoms with Gasteiger partial charge in [-0.05, 0) is 43.7 Å². The third kappa shape index (κ3) is 2.64. The topological polar surface area (TPSA) is 45.3 Å². The van der Waals surface area contributed by atoms with Gasteiger partial charge in [0.05, 0.1) is 13.2 Å². The van der Waals surface area contributed by atoms with Crippen molar-refractivity contribution >= 4 is 17.3 Å². The van der Waals surface area contributed by atoms with Crippen molar-refractivity contribution in [1.29, 1.82) is 0 Å². The Morgan fingerprint density at radius 3 is 3.15 bits per heavy atom. The molecular weight excluding hydrogens is 272 g/mol. The number of carbonyl (C=O) groups excluding carboxylic acids is 1. The summed E-state index contributed by atoms with van der Waals surface area (Å²) < 4.78 is 4.75. The van der Waals surface area contributed by atoms with Gasteiger partial charge in [0, 0.05) is 23.3 Å². The van der Waals surface area contributed by atoms with Gasteiger partial charge in [0.15, 0.2) is 0 Å². The van der Waals surface area contributed by atoms with Crippen molar-refractivity contribution < 1.29 is 9.53 Å². The van der Waals surface area contributed by atoms with Gasteiger partial charge in [-0.2, -0.15) is 0 Å². The van der Waals surface area contributed by atoms with Crippen molar-refractivity contribution in [3.8, 4) is 0 Å². The zero-order valence-electron chi connectivity index (χ0n) is 11.5. The maximum atomic E-state index is 11.5. The quantitative estimate of drug-likeness (QED) is 0.880. The lowest BCUT2D eigenvalue weighted by Crippen LogP contribution is -2.22. The second-order valence-electron chi connectivity index (χ2n) is 5.01. The van der Waals surface area contributed by atoms with Crippen LogP contribution in [0.3, 0.4) is 0 Å². The van der Waals surface area contributed by atoms with Crippen molar-refractivity contribution in [3.05, 3.63) is 45.9 Å². The van der Waals surface area contributed by atoms with Gasteiger partial charge in [-0.3, -0.25) is 4.90 Å². The first kappa shape index (κ1) is 13.4. The molecule has 106 valence electrons. The van der Waals surface area contributed by atoms with E-state index in [2.05, 4.69) is 16.0 Å².